The third-order valence-corrected chi connectivity index (χ3v) is 3.19. The van der Waals surface area contributed by atoms with Crippen molar-refractivity contribution in [3.05, 3.63) is 41.4 Å². The largest absolute Gasteiger partial charge is 0.478 e. The summed E-state index contributed by atoms with van der Waals surface area (Å²) in [5.74, 6) is -0.351. The van der Waals surface area contributed by atoms with E-state index in [2.05, 4.69) is 10.1 Å². The molecule has 0 atom stereocenters. The van der Waals surface area contributed by atoms with Crippen LogP contribution in [0.1, 0.15) is 10.4 Å². The van der Waals surface area contributed by atoms with Crippen LogP contribution in [0.15, 0.2) is 35.8 Å². The van der Waals surface area contributed by atoms with Crippen molar-refractivity contribution in [2.45, 2.75) is 0 Å². The van der Waals surface area contributed by atoms with Gasteiger partial charge in [0.1, 0.15) is 0 Å². The van der Waals surface area contributed by atoms with Gasteiger partial charge in [0, 0.05) is 6.20 Å². The predicted octanol–water partition coefficient (Wildman–Crippen LogP) is 2.16. The molecule has 0 amide bonds. The topological polar surface area (TPSA) is 67.5 Å². The third-order valence-electron chi connectivity index (χ3n) is 2.33. The van der Waals surface area contributed by atoms with Gasteiger partial charge in [0.15, 0.2) is 11.5 Å². The summed E-state index contributed by atoms with van der Waals surface area (Å²) in [6, 6.07) is 6.86. The van der Waals surface area contributed by atoms with Crippen molar-refractivity contribution in [3.8, 4) is 10.7 Å². The molecule has 3 aromatic heterocycles. The first-order chi connectivity index (χ1) is 8.24. The first-order valence-electron chi connectivity index (χ1n) is 4.87. The Balaban J connectivity index is 2.16. The Hall–Kier alpha value is -2.21. The van der Waals surface area contributed by atoms with Crippen LogP contribution in [0, 0.1) is 0 Å². The number of pyridine rings is 1. The molecule has 0 saturated heterocycles. The smallest absolute Gasteiger partial charge is 0.335 e. The minimum atomic E-state index is -0.965. The zero-order chi connectivity index (χ0) is 11.8. The number of aromatic carboxylic acids is 1. The number of carboxylic acids is 1. The van der Waals surface area contributed by atoms with Crippen molar-refractivity contribution in [3.63, 3.8) is 0 Å². The van der Waals surface area contributed by atoms with Crippen molar-refractivity contribution >= 4 is 23.0 Å². The predicted molar refractivity (Wildman–Crippen MR) is 63.3 cm³/mol. The van der Waals surface area contributed by atoms with Gasteiger partial charge in [-0.15, -0.1) is 16.4 Å². The van der Waals surface area contributed by atoms with E-state index in [0.717, 1.165) is 4.88 Å². The van der Waals surface area contributed by atoms with E-state index in [4.69, 9.17) is 5.11 Å². The lowest BCUT2D eigenvalue weighted by Crippen LogP contribution is -1.97. The quantitative estimate of drug-likeness (QED) is 0.751. The van der Waals surface area contributed by atoms with Gasteiger partial charge in [-0.25, -0.2) is 14.3 Å². The van der Waals surface area contributed by atoms with Gasteiger partial charge in [-0.05, 0) is 23.6 Å². The summed E-state index contributed by atoms with van der Waals surface area (Å²) in [5.41, 5.74) is 0.746. The fourth-order valence-corrected chi connectivity index (χ4v) is 2.18. The lowest BCUT2D eigenvalue weighted by Gasteiger charge is -1.93. The van der Waals surface area contributed by atoms with Gasteiger partial charge in [0.05, 0.1) is 10.4 Å². The van der Waals surface area contributed by atoms with E-state index in [1.165, 1.54) is 12.1 Å². The van der Waals surface area contributed by atoms with E-state index >= 15 is 0 Å². The Kier molecular flexibility index (Phi) is 2.15. The number of nitrogens with zero attached hydrogens (tertiary/aromatic N) is 3. The molecule has 3 heterocycles. The van der Waals surface area contributed by atoms with E-state index in [1.54, 1.807) is 22.0 Å². The number of hydrogen-bond acceptors (Lipinski definition) is 4. The summed E-state index contributed by atoms with van der Waals surface area (Å²) in [7, 11) is 0. The van der Waals surface area contributed by atoms with E-state index in [9.17, 15) is 4.79 Å². The molecule has 0 spiro atoms. The average molecular weight is 245 g/mol. The summed E-state index contributed by atoms with van der Waals surface area (Å²) >= 11 is 1.55. The van der Waals surface area contributed by atoms with E-state index in [0.29, 0.717) is 11.5 Å². The molecule has 0 aliphatic carbocycles. The van der Waals surface area contributed by atoms with Gasteiger partial charge in [-0.2, -0.15) is 0 Å². The summed E-state index contributed by atoms with van der Waals surface area (Å²) in [4.78, 5) is 16.1. The fourth-order valence-electron chi connectivity index (χ4n) is 1.52. The molecular weight excluding hydrogens is 238 g/mol. The first kappa shape index (κ1) is 9.98. The summed E-state index contributed by atoms with van der Waals surface area (Å²) < 4.78 is 1.57. The van der Waals surface area contributed by atoms with E-state index in [1.807, 2.05) is 17.5 Å². The summed E-state index contributed by atoms with van der Waals surface area (Å²) in [6.07, 6.45) is 1.60. The van der Waals surface area contributed by atoms with Gasteiger partial charge in [-0.1, -0.05) is 6.07 Å². The SMILES string of the molecule is O=C(O)c1ccn2nc(-c3cccs3)nc2c1. The maximum absolute atomic E-state index is 10.8. The van der Waals surface area contributed by atoms with Crippen LogP contribution in [0.25, 0.3) is 16.3 Å². The van der Waals surface area contributed by atoms with Crippen LogP contribution in [0.2, 0.25) is 0 Å². The average Bonchev–Trinajstić information content (AvgIpc) is 2.96. The number of fused-ring (bicyclic) bond motifs is 1. The molecule has 0 fully saturated rings. The monoisotopic (exact) mass is 245 g/mol. The third kappa shape index (κ3) is 1.68. The Bertz CT molecular complexity index is 688. The van der Waals surface area contributed by atoms with Gasteiger partial charge in [-0.3, -0.25) is 0 Å². The molecule has 3 rings (SSSR count). The lowest BCUT2D eigenvalue weighted by atomic mass is 10.3. The lowest BCUT2D eigenvalue weighted by molar-refractivity contribution is 0.0697. The van der Waals surface area contributed by atoms with Crippen molar-refractivity contribution in [1.29, 1.82) is 0 Å². The van der Waals surface area contributed by atoms with Crippen LogP contribution >= 0.6 is 11.3 Å². The number of aromatic nitrogens is 3. The van der Waals surface area contributed by atoms with Crippen LogP contribution in [0.3, 0.4) is 0 Å². The fraction of sp³-hybridized carbons (Fsp3) is 0. The Morgan fingerprint density at radius 2 is 2.29 bits per heavy atom. The Morgan fingerprint density at radius 3 is 3.00 bits per heavy atom. The van der Waals surface area contributed by atoms with Crippen LogP contribution < -0.4 is 0 Å². The molecule has 84 valence electrons. The van der Waals surface area contributed by atoms with Crippen LogP contribution in [-0.2, 0) is 0 Å². The van der Waals surface area contributed by atoms with Crippen molar-refractivity contribution in [1.82, 2.24) is 14.6 Å². The molecule has 0 bridgehead atoms. The van der Waals surface area contributed by atoms with Crippen molar-refractivity contribution < 1.29 is 9.90 Å². The number of carbonyl (C=O) groups is 1. The van der Waals surface area contributed by atoms with Crippen molar-refractivity contribution in [2.24, 2.45) is 0 Å². The number of thiophene rings is 1. The molecule has 0 aliphatic rings. The van der Waals surface area contributed by atoms with Crippen LogP contribution in [-0.4, -0.2) is 25.7 Å². The molecular formula is C11H7N3O2S. The highest BCUT2D eigenvalue weighted by Crippen LogP contribution is 2.21. The Morgan fingerprint density at radius 1 is 1.41 bits per heavy atom. The Labute approximate surface area is 100.0 Å². The minimum absolute atomic E-state index is 0.211. The molecule has 0 saturated carbocycles. The highest BCUT2D eigenvalue weighted by Gasteiger charge is 2.09. The standard InChI is InChI=1S/C11H7N3O2S/c15-11(16)7-3-4-14-9(6-7)12-10(13-14)8-2-1-5-17-8/h1-6H,(H,15,16). The maximum atomic E-state index is 10.8. The number of hydrogen-bond donors (Lipinski definition) is 1. The number of carboxylic acid groups (broad SMARTS) is 1. The van der Waals surface area contributed by atoms with Crippen molar-refractivity contribution in [2.75, 3.05) is 0 Å². The molecule has 0 aromatic carbocycles. The highest BCUT2D eigenvalue weighted by atomic mass is 32.1. The first-order valence-corrected chi connectivity index (χ1v) is 5.75. The van der Waals surface area contributed by atoms with Gasteiger partial charge in [0.25, 0.3) is 0 Å². The molecule has 5 nitrogen and oxygen atoms in total. The molecule has 1 N–H and O–H groups in total. The van der Waals surface area contributed by atoms with Gasteiger partial charge in [0.2, 0.25) is 0 Å². The maximum Gasteiger partial charge on any atom is 0.335 e. The second kappa shape index (κ2) is 3.67. The summed E-state index contributed by atoms with van der Waals surface area (Å²) in [5, 5.41) is 15.1. The molecule has 3 aromatic rings. The molecule has 0 unspecified atom stereocenters. The minimum Gasteiger partial charge on any atom is -0.478 e. The van der Waals surface area contributed by atoms with Crippen LogP contribution in [0.4, 0.5) is 0 Å². The summed E-state index contributed by atoms with van der Waals surface area (Å²) in [6.45, 7) is 0. The van der Waals surface area contributed by atoms with E-state index in [-0.39, 0.29) is 5.56 Å². The number of rotatable bonds is 2. The molecule has 6 heteroatoms. The van der Waals surface area contributed by atoms with Crippen LogP contribution in [0.5, 0.6) is 0 Å². The second-order valence-corrected chi connectivity index (χ2v) is 4.38. The molecule has 0 radical (unpaired) electrons. The molecule has 0 aliphatic heterocycles. The van der Waals surface area contributed by atoms with Gasteiger partial charge < -0.3 is 5.11 Å². The highest BCUT2D eigenvalue weighted by molar-refractivity contribution is 7.13. The van der Waals surface area contributed by atoms with E-state index < -0.39 is 5.97 Å². The zero-order valence-electron chi connectivity index (χ0n) is 8.57. The molecule has 17 heavy (non-hydrogen) atoms. The normalized spacial score (nSPS) is 10.8. The second-order valence-electron chi connectivity index (χ2n) is 3.44. The zero-order valence-corrected chi connectivity index (χ0v) is 9.39. The van der Waals surface area contributed by atoms with Gasteiger partial charge >= 0.3 is 5.97 Å².